The van der Waals surface area contributed by atoms with E-state index >= 15 is 0 Å². The maximum Gasteiger partial charge on any atom is 0.259 e. The molecule has 7 heteroatoms. The van der Waals surface area contributed by atoms with Crippen LogP contribution in [0.25, 0.3) is 10.2 Å². The zero-order valence-electron chi connectivity index (χ0n) is 13.4. The lowest BCUT2D eigenvalue weighted by Gasteiger charge is -2.12. The van der Waals surface area contributed by atoms with Crippen LogP contribution in [0.1, 0.15) is 36.0 Å². The van der Waals surface area contributed by atoms with Crippen LogP contribution in [0.15, 0.2) is 4.79 Å². The minimum atomic E-state index is -0.0717. The maximum atomic E-state index is 12.3. The lowest BCUT2D eigenvalue weighted by molar-refractivity contribution is -0.122. The van der Waals surface area contributed by atoms with Crippen molar-refractivity contribution in [1.29, 1.82) is 0 Å². The number of nitrogens with zero attached hydrogens (tertiary/aromatic N) is 1. The van der Waals surface area contributed by atoms with E-state index < -0.39 is 0 Å². The van der Waals surface area contributed by atoms with E-state index in [1.54, 1.807) is 18.4 Å². The third-order valence-electron chi connectivity index (χ3n) is 4.04. The largest absolute Gasteiger partial charge is 0.383 e. The summed E-state index contributed by atoms with van der Waals surface area (Å²) in [6.45, 7) is 2.37. The third-order valence-corrected chi connectivity index (χ3v) is 5.22. The summed E-state index contributed by atoms with van der Waals surface area (Å²) in [5, 5.41) is 3.61. The standard InChI is InChI=1S/C16H21N3O3S/c1-9(8-22-2)17-13(20)7-6-12-18-15(21)14-10-4-3-5-11(10)23-16(14)19-12/h9H,3-8H2,1-2H3,(H,17,20)(H,18,19,21). The van der Waals surface area contributed by atoms with Gasteiger partial charge in [0.2, 0.25) is 5.91 Å². The van der Waals surface area contributed by atoms with Gasteiger partial charge in [0.1, 0.15) is 10.7 Å². The van der Waals surface area contributed by atoms with E-state index in [1.165, 1.54) is 10.4 Å². The molecule has 0 saturated carbocycles. The molecule has 1 atom stereocenters. The van der Waals surface area contributed by atoms with E-state index in [2.05, 4.69) is 15.3 Å². The molecular weight excluding hydrogens is 314 g/mol. The number of carbonyl (C=O) groups is 1. The number of hydrogen-bond donors (Lipinski definition) is 2. The second-order valence-corrected chi connectivity index (χ2v) is 7.06. The van der Waals surface area contributed by atoms with Crippen molar-refractivity contribution in [3.05, 3.63) is 26.6 Å². The van der Waals surface area contributed by atoms with Gasteiger partial charge in [0.15, 0.2) is 0 Å². The van der Waals surface area contributed by atoms with Gasteiger partial charge in [-0.3, -0.25) is 9.59 Å². The Morgan fingerprint density at radius 3 is 3.09 bits per heavy atom. The normalized spacial score (nSPS) is 14.9. The lowest BCUT2D eigenvalue weighted by Crippen LogP contribution is -2.35. The van der Waals surface area contributed by atoms with E-state index in [4.69, 9.17) is 4.74 Å². The Bertz CT molecular complexity index is 781. The Balaban J connectivity index is 1.70. The van der Waals surface area contributed by atoms with Crippen molar-refractivity contribution in [3.63, 3.8) is 0 Å². The molecule has 0 fully saturated rings. The van der Waals surface area contributed by atoms with Crippen LogP contribution in [0.2, 0.25) is 0 Å². The number of amides is 1. The average molecular weight is 335 g/mol. The molecule has 1 aliphatic carbocycles. The average Bonchev–Trinajstić information content (AvgIpc) is 3.05. The molecule has 2 heterocycles. The van der Waals surface area contributed by atoms with Crippen molar-refractivity contribution in [3.8, 4) is 0 Å². The highest BCUT2D eigenvalue weighted by Crippen LogP contribution is 2.34. The molecule has 0 bridgehead atoms. The number of aromatic nitrogens is 2. The zero-order chi connectivity index (χ0) is 16.4. The molecule has 0 spiro atoms. The van der Waals surface area contributed by atoms with Crippen LogP contribution in [-0.2, 0) is 28.8 Å². The molecule has 2 N–H and O–H groups in total. The Morgan fingerprint density at radius 2 is 2.30 bits per heavy atom. The lowest BCUT2D eigenvalue weighted by atomic mass is 10.2. The molecule has 6 nitrogen and oxygen atoms in total. The molecule has 23 heavy (non-hydrogen) atoms. The molecule has 0 aliphatic heterocycles. The highest BCUT2D eigenvalue weighted by molar-refractivity contribution is 7.18. The van der Waals surface area contributed by atoms with E-state index in [9.17, 15) is 9.59 Å². The first kappa shape index (κ1) is 16.1. The predicted octanol–water partition coefficient (Wildman–Crippen LogP) is 1.56. The summed E-state index contributed by atoms with van der Waals surface area (Å²) in [5.41, 5.74) is 1.11. The summed E-state index contributed by atoms with van der Waals surface area (Å²) in [5.74, 6) is 0.517. The molecule has 2 aromatic rings. The van der Waals surface area contributed by atoms with Crippen LogP contribution in [0.3, 0.4) is 0 Å². The first-order chi connectivity index (χ1) is 11.1. The first-order valence-corrected chi connectivity index (χ1v) is 8.72. The molecule has 3 rings (SSSR count). The van der Waals surface area contributed by atoms with Crippen molar-refractivity contribution < 1.29 is 9.53 Å². The fraction of sp³-hybridized carbons (Fsp3) is 0.562. The van der Waals surface area contributed by atoms with Crippen molar-refractivity contribution in [2.75, 3.05) is 13.7 Å². The van der Waals surface area contributed by atoms with Crippen LogP contribution >= 0.6 is 11.3 Å². The minimum absolute atomic E-state index is 0.0257. The summed E-state index contributed by atoms with van der Waals surface area (Å²) < 4.78 is 4.99. The number of methoxy groups -OCH3 is 1. The molecule has 2 aromatic heterocycles. The molecule has 0 aromatic carbocycles. The van der Waals surface area contributed by atoms with Crippen LogP contribution in [0.4, 0.5) is 0 Å². The fourth-order valence-corrected chi connectivity index (χ4v) is 4.32. The summed E-state index contributed by atoms with van der Waals surface area (Å²) in [7, 11) is 1.60. The van der Waals surface area contributed by atoms with Gasteiger partial charge in [-0.05, 0) is 31.7 Å². The number of nitrogens with one attached hydrogen (secondary N) is 2. The van der Waals surface area contributed by atoms with Crippen molar-refractivity contribution >= 4 is 27.5 Å². The fourth-order valence-electron chi connectivity index (χ4n) is 3.04. The van der Waals surface area contributed by atoms with Crippen LogP contribution in [0.5, 0.6) is 0 Å². The van der Waals surface area contributed by atoms with Crippen molar-refractivity contribution in [1.82, 2.24) is 15.3 Å². The number of aryl methyl sites for hydroxylation is 3. The molecule has 1 unspecified atom stereocenters. The van der Waals surface area contributed by atoms with Gasteiger partial charge >= 0.3 is 0 Å². The Labute approximate surface area is 138 Å². The van der Waals surface area contributed by atoms with Crippen LogP contribution < -0.4 is 10.9 Å². The molecular formula is C16H21N3O3S. The first-order valence-electron chi connectivity index (χ1n) is 7.90. The predicted molar refractivity (Wildman–Crippen MR) is 90.1 cm³/mol. The summed E-state index contributed by atoms with van der Waals surface area (Å²) >= 11 is 1.62. The van der Waals surface area contributed by atoms with E-state index in [0.29, 0.717) is 25.3 Å². The summed E-state index contributed by atoms with van der Waals surface area (Å²) in [6.07, 6.45) is 3.87. The Hall–Kier alpha value is -1.73. The molecule has 1 aliphatic rings. The summed E-state index contributed by atoms with van der Waals surface area (Å²) in [4.78, 5) is 33.7. The smallest absolute Gasteiger partial charge is 0.259 e. The van der Waals surface area contributed by atoms with E-state index in [-0.39, 0.29) is 17.5 Å². The third kappa shape index (κ3) is 3.45. The number of carbonyl (C=O) groups excluding carboxylic acids is 1. The van der Waals surface area contributed by atoms with E-state index in [1.807, 2.05) is 6.92 Å². The van der Waals surface area contributed by atoms with Crippen LogP contribution in [-0.4, -0.2) is 35.6 Å². The number of H-pyrrole nitrogens is 1. The number of thiophene rings is 1. The van der Waals surface area contributed by atoms with Gasteiger partial charge in [-0.1, -0.05) is 0 Å². The topological polar surface area (TPSA) is 84.1 Å². The highest BCUT2D eigenvalue weighted by atomic mass is 32.1. The maximum absolute atomic E-state index is 12.3. The van der Waals surface area contributed by atoms with Gasteiger partial charge in [-0.25, -0.2) is 4.98 Å². The zero-order valence-corrected chi connectivity index (χ0v) is 14.2. The van der Waals surface area contributed by atoms with Gasteiger partial charge in [0.25, 0.3) is 5.56 Å². The second-order valence-electron chi connectivity index (χ2n) is 5.97. The van der Waals surface area contributed by atoms with Crippen LogP contribution in [0, 0.1) is 0 Å². The molecule has 1 amide bonds. The Kier molecular flexibility index (Phi) is 4.77. The van der Waals surface area contributed by atoms with Gasteiger partial charge in [0.05, 0.1) is 12.0 Å². The van der Waals surface area contributed by atoms with Gasteiger partial charge in [-0.2, -0.15) is 0 Å². The second kappa shape index (κ2) is 6.80. The van der Waals surface area contributed by atoms with Gasteiger partial charge in [0, 0.05) is 30.9 Å². The van der Waals surface area contributed by atoms with Gasteiger partial charge < -0.3 is 15.0 Å². The highest BCUT2D eigenvalue weighted by Gasteiger charge is 2.21. The molecule has 0 saturated heterocycles. The number of ether oxygens (including phenoxy) is 1. The Morgan fingerprint density at radius 1 is 1.48 bits per heavy atom. The minimum Gasteiger partial charge on any atom is -0.383 e. The number of hydrogen-bond acceptors (Lipinski definition) is 5. The number of fused-ring (bicyclic) bond motifs is 3. The van der Waals surface area contributed by atoms with Crippen molar-refractivity contribution in [2.24, 2.45) is 0 Å². The molecule has 0 radical (unpaired) electrons. The SMILES string of the molecule is COCC(C)NC(=O)CCc1nc2sc3c(c2c(=O)[nH]1)CCC3. The molecule has 124 valence electrons. The number of rotatable bonds is 6. The quantitative estimate of drug-likeness (QED) is 0.839. The summed E-state index contributed by atoms with van der Waals surface area (Å²) in [6, 6.07) is -0.0257. The van der Waals surface area contributed by atoms with Gasteiger partial charge in [-0.15, -0.1) is 11.3 Å². The van der Waals surface area contributed by atoms with Crippen molar-refractivity contribution in [2.45, 2.75) is 45.1 Å². The number of aromatic amines is 1. The monoisotopic (exact) mass is 335 g/mol. The van der Waals surface area contributed by atoms with E-state index in [0.717, 1.165) is 29.5 Å².